The Bertz CT molecular complexity index is 2980. The van der Waals surface area contributed by atoms with Crippen molar-refractivity contribution in [3.05, 3.63) is 178 Å². The summed E-state index contributed by atoms with van der Waals surface area (Å²) >= 11 is 0. The number of hydrogen-bond acceptors (Lipinski definition) is 3. The third kappa shape index (κ3) is 11.7. The highest BCUT2D eigenvalue weighted by Gasteiger charge is 2.41. The van der Waals surface area contributed by atoms with Crippen molar-refractivity contribution in [2.45, 2.75) is 185 Å². The molecule has 5 aromatic rings. The second-order valence-electron chi connectivity index (χ2n) is 27.0. The second kappa shape index (κ2) is 20.9. The first-order chi connectivity index (χ1) is 34.7. The summed E-state index contributed by atoms with van der Waals surface area (Å²) in [6.07, 6.45) is 17.1. The lowest BCUT2D eigenvalue weighted by atomic mass is 9.54. The van der Waals surface area contributed by atoms with E-state index < -0.39 is 0 Å². The molecule has 1 radical (unpaired) electrons. The number of allylic oxidation sites excluding steroid dienone is 7. The number of benzene rings is 5. The second-order valence-corrected chi connectivity index (χ2v) is 27.0. The zero-order valence-electron chi connectivity index (χ0n) is 48.8. The Morgan fingerprint density at radius 2 is 1.36 bits per heavy atom. The molecule has 0 spiro atoms. The maximum absolute atomic E-state index is 6.81. The van der Waals surface area contributed by atoms with E-state index in [9.17, 15) is 0 Å². The van der Waals surface area contributed by atoms with Crippen molar-refractivity contribution in [1.82, 2.24) is 0 Å². The fourth-order valence-electron chi connectivity index (χ4n) is 11.7. The molecule has 389 valence electrons. The van der Waals surface area contributed by atoms with Gasteiger partial charge in [-0.3, -0.25) is 0 Å². The highest BCUT2D eigenvalue weighted by Crippen LogP contribution is 2.55. The predicted molar refractivity (Wildman–Crippen MR) is 322 cm³/mol. The van der Waals surface area contributed by atoms with Gasteiger partial charge in [-0.1, -0.05) is 219 Å². The van der Waals surface area contributed by atoms with Crippen LogP contribution < -0.4 is 15.0 Å². The maximum Gasteiger partial charge on any atom is 0.167 e. The minimum absolute atomic E-state index is 0.0105. The van der Waals surface area contributed by atoms with Crippen molar-refractivity contribution in [1.29, 1.82) is 0 Å². The average molecular weight is 986 g/mol. The molecule has 1 heterocycles. The monoisotopic (exact) mass is 986 g/mol. The van der Waals surface area contributed by atoms with Gasteiger partial charge in [-0.25, -0.2) is 0 Å². The summed E-state index contributed by atoms with van der Waals surface area (Å²) in [4.78, 5) is 2.61. The van der Waals surface area contributed by atoms with Gasteiger partial charge in [-0.05, 0) is 159 Å². The molecular formula is C70H90BN2O. The van der Waals surface area contributed by atoms with Crippen molar-refractivity contribution in [2.75, 3.05) is 16.8 Å². The topological polar surface area (TPSA) is 24.5 Å². The van der Waals surface area contributed by atoms with Crippen LogP contribution in [0.25, 0.3) is 22.3 Å². The Morgan fingerprint density at radius 1 is 0.716 bits per heavy atom. The smallest absolute Gasteiger partial charge is 0.167 e. The first kappa shape index (κ1) is 54.8. The van der Waals surface area contributed by atoms with Gasteiger partial charge in [0.05, 0.1) is 12.3 Å². The molecule has 74 heavy (non-hydrogen) atoms. The fourth-order valence-corrected chi connectivity index (χ4v) is 11.7. The lowest BCUT2D eigenvalue weighted by Gasteiger charge is -2.42. The van der Waals surface area contributed by atoms with Gasteiger partial charge in [0, 0.05) is 33.7 Å². The average Bonchev–Trinajstić information content (AvgIpc) is 3.85. The minimum Gasteiger partial charge on any atom is -0.493 e. The Kier molecular flexibility index (Phi) is 15.5. The van der Waals surface area contributed by atoms with E-state index in [4.69, 9.17) is 4.74 Å². The van der Waals surface area contributed by atoms with Gasteiger partial charge in [-0.15, -0.1) is 0 Å². The first-order valence-electron chi connectivity index (χ1n) is 28.2. The van der Waals surface area contributed by atoms with Crippen LogP contribution in [-0.2, 0) is 16.2 Å². The number of fused-ring (bicyclic) bond motifs is 5. The lowest BCUT2D eigenvalue weighted by molar-refractivity contribution is 0.326. The number of nitrogens with zero attached hydrogens (tertiary/aromatic N) is 1. The van der Waals surface area contributed by atoms with E-state index in [0.29, 0.717) is 6.61 Å². The molecule has 1 N–H and O–H groups in total. The summed E-state index contributed by atoms with van der Waals surface area (Å²) in [6.45, 7) is 41.0. The number of anilines is 3. The normalized spacial score (nSPS) is 18.3. The van der Waals surface area contributed by atoms with Crippen LogP contribution in [0.3, 0.4) is 0 Å². The van der Waals surface area contributed by atoms with Gasteiger partial charge < -0.3 is 15.0 Å². The third-order valence-electron chi connectivity index (χ3n) is 16.9. The van der Waals surface area contributed by atoms with E-state index >= 15 is 0 Å². The fraction of sp³-hybridized carbons (Fsp3) is 0.457. The van der Waals surface area contributed by atoms with Crippen molar-refractivity contribution < 1.29 is 4.74 Å². The largest absolute Gasteiger partial charge is 0.493 e. The van der Waals surface area contributed by atoms with Crippen LogP contribution in [0.1, 0.15) is 196 Å². The van der Waals surface area contributed by atoms with Crippen LogP contribution in [0, 0.1) is 16.2 Å². The molecule has 4 heteroatoms. The summed E-state index contributed by atoms with van der Waals surface area (Å²) in [6, 6.07) is 39.2. The van der Waals surface area contributed by atoms with Crippen LogP contribution in [0.2, 0.25) is 0 Å². The quantitative estimate of drug-likeness (QED) is 0.0788. The Labute approximate surface area is 450 Å². The van der Waals surface area contributed by atoms with Crippen molar-refractivity contribution in [3.63, 3.8) is 0 Å². The summed E-state index contributed by atoms with van der Waals surface area (Å²) in [5.41, 5.74) is 20.7. The van der Waals surface area contributed by atoms with Gasteiger partial charge in [0.25, 0.3) is 0 Å². The van der Waals surface area contributed by atoms with E-state index in [1.807, 2.05) is 0 Å². The molecule has 0 aromatic heterocycles. The van der Waals surface area contributed by atoms with E-state index in [-0.39, 0.29) is 38.3 Å². The van der Waals surface area contributed by atoms with Crippen LogP contribution in [0.5, 0.6) is 5.75 Å². The van der Waals surface area contributed by atoms with Crippen molar-refractivity contribution in [3.8, 4) is 28.0 Å². The van der Waals surface area contributed by atoms with E-state index in [1.54, 1.807) is 0 Å². The Morgan fingerprint density at radius 3 is 2.03 bits per heavy atom. The van der Waals surface area contributed by atoms with E-state index in [2.05, 4.69) is 263 Å². The van der Waals surface area contributed by atoms with Gasteiger partial charge in [0.1, 0.15) is 5.75 Å². The summed E-state index contributed by atoms with van der Waals surface area (Å²) in [5, 5.41) is 4.02. The Hall–Kier alpha value is -5.48. The van der Waals surface area contributed by atoms with Gasteiger partial charge in [0.2, 0.25) is 0 Å². The zero-order chi connectivity index (χ0) is 53.6. The number of ether oxygens (including phenoxy) is 1. The Balaban J connectivity index is 1.42. The highest BCUT2D eigenvalue weighted by atomic mass is 16.5. The van der Waals surface area contributed by atoms with Crippen LogP contribution in [0.15, 0.2) is 150 Å². The molecule has 0 bridgehead atoms. The molecular weight excluding hydrogens is 896 g/mol. The molecule has 2 aliphatic carbocycles. The lowest BCUT2D eigenvalue weighted by Crippen LogP contribution is -2.34. The molecule has 5 aromatic carbocycles. The number of rotatable bonds is 16. The molecule has 1 aliphatic heterocycles. The van der Waals surface area contributed by atoms with Gasteiger partial charge in [-0.2, -0.15) is 0 Å². The van der Waals surface area contributed by atoms with Crippen LogP contribution in [0.4, 0.5) is 17.1 Å². The van der Waals surface area contributed by atoms with Crippen LogP contribution >= 0.6 is 0 Å². The molecule has 3 aliphatic rings. The number of nitrogens with one attached hydrogen (secondary N) is 1. The van der Waals surface area contributed by atoms with Crippen LogP contribution in [-0.4, -0.2) is 13.9 Å². The van der Waals surface area contributed by atoms with Crippen molar-refractivity contribution in [2.24, 2.45) is 16.2 Å². The molecule has 0 amide bonds. The standard InChI is InChI=1S/C70H90BN2O/c1-18-27-50(67(10,11)19-2)42-60(71-61-46-74-63-45-59-58(44-55(61)63)68(12,13)38-39-69(59,14)15)47(3)73(62-34-25-33-57-64(62)54-31-23-24-32-56(54)70(57,16)17)53-41-49(48-28-21-20-22-29-48)40-52(43-53)72-51(35-37-66(7,8)9)30-26-36-65(4,5)6/h20-26,28-35,40-45,61,72H,18-19,27,36-39,46H2,1-17H3/b30-26-,50-42+,51-35+,60-47-. The molecule has 0 saturated carbocycles. The first-order valence-corrected chi connectivity index (χ1v) is 28.2. The maximum atomic E-state index is 6.81. The SMILES string of the molecule is CCC/C(=C\C([B]C1COc2cc3c(cc21)C(C)(C)CCC3(C)C)=C(/C)N(c1cc(NC(/C=C\CC(C)(C)C)=C/CC(C)(C)C)cc(-c2ccccc2)c1)c1cccc2c1-c1ccccc1C2(C)C)C(C)(C)CC. The summed E-state index contributed by atoms with van der Waals surface area (Å²) in [7, 11) is 2.58. The minimum atomic E-state index is -0.170. The highest BCUT2D eigenvalue weighted by molar-refractivity contribution is 6.49. The zero-order valence-corrected chi connectivity index (χ0v) is 48.8. The molecule has 3 nitrogen and oxygen atoms in total. The summed E-state index contributed by atoms with van der Waals surface area (Å²) < 4.78 is 6.81. The summed E-state index contributed by atoms with van der Waals surface area (Å²) in [5.74, 6) is 1.13. The third-order valence-corrected chi connectivity index (χ3v) is 16.9. The molecule has 1 unspecified atom stereocenters. The van der Waals surface area contributed by atoms with E-state index in [0.717, 1.165) is 54.9 Å². The van der Waals surface area contributed by atoms with Gasteiger partial charge in [0.15, 0.2) is 7.28 Å². The van der Waals surface area contributed by atoms with Crippen molar-refractivity contribution >= 4 is 24.3 Å². The molecule has 0 fully saturated rings. The number of hydrogen-bond donors (Lipinski definition) is 1. The molecule has 8 rings (SSSR count). The molecule has 1 atom stereocenters. The van der Waals surface area contributed by atoms with E-state index in [1.165, 1.54) is 85.3 Å². The molecule has 0 saturated heterocycles. The predicted octanol–water partition coefficient (Wildman–Crippen LogP) is 20.1. The van der Waals surface area contributed by atoms with Gasteiger partial charge >= 0.3 is 0 Å².